The minimum absolute atomic E-state index is 0.0490. The number of hydrogen-bond donors (Lipinski definition) is 7. The Morgan fingerprint density at radius 3 is 2.42 bits per heavy atom. The van der Waals surface area contributed by atoms with E-state index in [-0.39, 0.29) is 30.8 Å². The van der Waals surface area contributed by atoms with Crippen LogP contribution in [0.3, 0.4) is 0 Å². The van der Waals surface area contributed by atoms with E-state index in [0.29, 0.717) is 17.9 Å². The van der Waals surface area contributed by atoms with Gasteiger partial charge in [-0.25, -0.2) is 24.0 Å². The number of carbonyl (C=O) groups excluding carboxylic acids is 6. The van der Waals surface area contributed by atoms with E-state index in [9.17, 15) is 43.8 Å². The van der Waals surface area contributed by atoms with Crippen LogP contribution >= 0.6 is 11.6 Å². The number of nitrogens with two attached hydrogens (primary N) is 1. The Morgan fingerprint density at radius 1 is 1.14 bits per heavy atom. The normalized spacial score (nSPS) is 28.1. The number of aliphatic carboxylic acids is 1. The molecule has 0 aromatic heterocycles. The number of alkyl carbamates (subject to hydrolysis) is 1. The number of fused-ring (bicyclic) bond motifs is 5. The molecule has 10 atom stereocenters. The summed E-state index contributed by atoms with van der Waals surface area (Å²) in [5.41, 5.74) is 3.71. The molecule has 4 bridgehead atoms. The van der Waals surface area contributed by atoms with E-state index in [4.69, 9.17) is 41.0 Å². The van der Waals surface area contributed by atoms with Crippen LogP contribution in [-0.4, -0.2) is 146 Å². The number of carboxylic acid groups (broad SMARTS) is 1. The number of nitrogens with one attached hydrogen (secondary N) is 4. The van der Waals surface area contributed by atoms with Crippen molar-refractivity contribution in [2.45, 2.75) is 128 Å². The minimum Gasteiger partial charge on any atom is -0.495 e. The van der Waals surface area contributed by atoms with Crippen LogP contribution in [-0.2, 0) is 44.5 Å². The number of nitrogens with zero attached hydrogens (tertiary/aromatic N) is 2. The van der Waals surface area contributed by atoms with Crippen molar-refractivity contribution < 1.29 is 67.5 Å². The van der Waals surface area contributed by atoms with Gasteiger partial charge in [-0.2, -0.15) is 0 Å². The van der Waals surface area contributed by atoms with Crippen LogP contribution in [0.15, 0.2) is 35.9 Å². The molecule has 1 aromatic carbocycles. The van der Waals surface area contributed by atoms with Crippen LogP contribution in [0.4, 0.5) is 20.1 Å². The molecule has 66 heavy (non-hydrogen) atoms. The number of halogens is 1. The number of primary amides is 1. The first-order valence-corrected chi connectivity index (χ1v) is 21.9. The number of urea groups is 2. The summed E-state index contributed by atoms with van der Waals surface area (Å²) in [6, 6.07) is -2.08. The number of rotatable bonds is 14. The van der Waals surface area contributed by atoms with Gasteiger partial charge in [0, 0.05) is 40.1 Å². The molecule has 21 nitrogen and oxygen atoms in total. The number of benzene rings is 1. The fourth-order valence-electron chi connectivity index (χ4n) is 7.98. The predicted molar refractivity (Wildman–Crippen MR) is 239 cm³/mol. The topological polar surface area (TPSA) is 290 Å². The van der Waals surface area contributed by atoms with Crippen molar-refractivity contribution in [1.82, 2.24) is 26.2 Å². The van der Waals surface area contributed by atoms with Gasteiger partial charge in [-0.1, -0.05) is 56.2 Å². The van der Waals surface area contributed by atoms with E-state index in [1.54, 1.807) is 52.0 Å². The Bertz CT molecular complexity index is 2070. The minimum atomic E-state index is -1.91. The standard InChI is InChI=1S/C44H64ClN7O14/c1-22(2)35(37(54)48-27(38(55)56)14-12-16-47-40(46)58)49-41(59)51(7)25(5)39(57)65-32-20-33(53)52(8)28-18-26(19-29(62-9)34(28)45)17-23(3)13-11-15-31(63-10)44(61)21-30(64-42(60)50-44)24(4)36-43(32,6)66-36/h11,13,15,18-19,22,24-25,27,30-32,35-36,61H,12,14,16-17,20-21H2,1-10H3,(H,48,54)(H,49,59)(H,50,60)(H,55,56)(H3,46,47,58)/b15-11+,23-13+/t24?,25-,27-,30?,31?,32?,35-,36?,43?,44?/m0/s1. The highest BCUT2D eigenvalue weighted by Crippen LogP contribution is 2.49. The SMILES string of the molecule is COc1cc2cc(c1Cl)N(C)C(=O)CC(OC(=O)[C@H](C)N(C)C(=O)N[C@H](C(=O)N[C@@H](CCCNC(N)=O)C(=O)O)C(C)C)C1(C)OC1C(C)C1CC(O)(NC(=O)O1)C(OC)/C=C/C=C(\C)C2. The maximum Gasteiger partial charge on any atom is 0.409 e. The third kappa shape index (κ3) is 12.8. The lowest BCUT2D eigenvalue weighted by molar-refractivity contribution is -0.158. The number of epoxide rings is 1. The lowest BCUT2D eigenvalue weighted by Crippen LogP contribution is -2.63. The molecule has 0 saturated carbocycles. The first kappa shape index (κ1) is 53.0. The molecule has 4 rings (SSSR count). The fourth-order valence-corrected chi connectivity index (χ4v) is 8.30. The molecule has 2 saturated heterocycles. The van der Waals surface area contributed by atoms with Crippen LogP contribution in [0.25, 0.3) is 0 Å². The number of esters is 1. The molecule has 7 amide bonds. The second-order valence-electron chi connectivity index (χ2n) is 17.5. The first-order chi connectivity index (χ1) is 30.9. The van der Waals surface area contributed by atoms with Crippen LogP contribution < -0.4 is 36.6 Å². The summed E-state index contributed by atoms with van der Waals surface area (Å²) < 4.78 is 29.2. The highest BCUT2D eigenvalue weighted by atomic mass is 35.5. The monoisotopic (exact) mass is 949 g/mol. The molecule has 22 heteroatoms. The maximum absolute atomic E-state index is 14.3. The van der Waals surface area contributed by atoms with Gasteiger partial charge in [0.1, 0.15) is 52.8 Å². The van der Waals surface area contributed by atoms with Crippen LogP contribution in [0, 0.1) is 11.8 Å². The highest BCUT2D eigenvalue weighted by molar-refractivity contribution is 6.35. The number of ether oxygens (including phenoxy) is 5. The molecule has 1 aromatic rings. The van der Waals surface area contributed by atoms with Gasteiger partial charge in [-0.15, -0.1) is 0 Å². The van der Waals surface area contributed by atoms with Gasteiger partial charge >= 0.3 is 30.1 Å². The fraction of sp³-hybridized carbons (Fsp3) is 0.614. The van der Waals surface area contributed by atoms with Crippen molar-refractivity contribution in [3.63, 3.8) is 0 Å². The van der Waals surface area contributed by atoms with Crippen molar-refractivity contribution >= 4 is 59.2 Å². The summed E-state index contributed by atoms with van der Waals surface area (Å²) in [5.74, 6) is -4.48. The third-order valence-electron chi connectivity index (χ3n) is 12.3. The van der Waals surface area contributed by atoms with E-state index >= 15 is 0 Å². The van der Waals surface area contributed by atoms with Gasteiger partial charge in [0.05, 0.1) is 25.3 Å². The summed E-state index contributed by atoms with van der Waals surface area (Å²) >= 11 is 6.78. The second-order valence-corrected chi connectivity index (χ2v) is 17.9. The maximum atomic E-state index is 14.3. The molecule has 366 valence electrons. The van der Waals surface area contributed by atoms with Gasteiger partial charge in [0.15, 0.2) is 5.72 Å². The van der Waals surface area contributed by atoms with Gasteiger partial charge < -0.3 is 65.4 Å². The quantitative estimate of drug-likeness (QED) is 0.0803. The van der Waals surface area contributed by atoms with Gasteiger partial charge in [0.2, 0.25) is 11.8 Å². The summed E-state index contributed by atoms with van der Waals surface area (Å²) in [6.45, 7) is 9.98. The number of likely N-dealkylation sites (N-methyl/N-ethyl adjacent to an activating group) is 1. The Labute approximate surface area is 389 Å². The predicted octanol–water partition coefficient (Wildman–Crippen LogP) is 2.74. The number of carbonyl (C=O) groups is 7. The lowest BCUT2D eigenvalue weighted by atomic mass is 9.83. The number of methoxy groups -OCH3 is 2. The average molecular weight is 950 g/mol. The molecule has 2 fully saturated rings. The molecular formula is C44H64ClN7O14. The van der Waals surface area contributed by atoms with Crippen LogP contribution in [0.1, 0.15) is 72.8 Å². The van der Waals surface area contributed by atoms with Crippen molar-refractivity contribution in [3.8, 4) is 5.75 Å². The zero-order valence-corrected chi connectivity index (χ0v) is 39.7. The zero-order valence-electron chi connectivity index (χ0n) is 39.0. The molecule has 0 aliphatic carbocycles. The first-order valence-electron chi connectivity index (χ1n) is 21.6. The Hall–Kier alpha value is -5.64. The third-order valence-corrected chi connectivity index (χ3v) is 12.6. The lowest BCUT2D eigenvalue weighted by Gasteiger charge is -2.42. The van der Waals surface area contributed by atoms with E-state index in [1.807, 2.05) is 13.0 Å². The number of allylic oxidation sites excluding steroid dienone is 3. The largest absolute Gasteiger partial charge is 0.495 e. The molecule has 7 unspecified atom stereocenters. The molecule has 0 radical (unpaired) electrons. The summed E-state index contributed by atoms with van der Waals surface area (Å²) in [5, 5.41) is 31.5. The smallest absolute Gasteiger partial charge is 0.409 e. The van der Waals surface area contributed by atoms with E-state index in [1.165, 1.54) is 40.1 Å². The number of carboxylic acids is 1. The molecule has 0 spiro atoms. The van der Waals surface area contributed by atoms with Gasteiger partial charge in [0.25, 0.3) is 0 Å². The summed E-state index contributed by atoms with van der Waals surface area (Å²) in [4.78, 5) is 93.7. The van der Waals surface area contributed by atoms with Crippen LogP contribution in [0.2, 0.25) is 5.02 Å². The van der Waals surface area contributed by atoms with E-state index < -0.39 is 114 Å². The summed E-state index contributed by atoms with van der Waals surface area (Å²) in [6.07, 6.45) is 0.143. The van der Waals surface area contributed by atoms with Gasteiger partial charge in [-0.05, 0) is 63.6 Å². The average Bonchev–Trinajstić information content (AvgIpc) is 3.95. The van der Waals surface area contributed by atoms with Crippen molar-refractivity contribution in [3.05, 3.63) is 46.5 Å². The Morgan fingerprint density at radius 2 is 1.82 bits per heavy atom. The summed E-state index contributed by atoms with van der Waals surface area (Å²) in [7, 11) is 5.65. The highest BCUT2D eigenvalue weighted by Gasteiger charge is 2.64. The van der Waals surface area contributed by atoms with Crippen molar-refractivity contribution in [2.75, 3.05) is 39.8 Å². The second kappa shape index (κ2) is 22.2. The molecular weight excluding hydrogens is 886 g/mol. The number of amides is 7. The number of hydrogen-bond acceptors (Lipinski definition) is 13. The zero-order chi connectivity index (χ0) is 49.4. The van der Waals surface area contributed by atoms with E-state index in [0.717, 1.165) is 16.0 Å². The molecule has 3 heterocycles. The molecule has 3 aliphatic rings. The van der Waals surface area contributed by atoms with Crippen molar-refractivity contribution in [2.24, 2.45) is 17.6 Å². The van der Waals surface area contributed by atoms with Crippen molar-refractivity contribution in [1.29, 1.82) is 0 Å². The molecule has 3 aliphatic heterocycles. The number of anilines is 1. The Kier molecular flexibility index (Phi) is 17.8. The molecule has 8 N–H and O–H groups in total. The Balaban J connectivity index is 1.63. The van der Waals surface area contributed by atoms with E-state index in [2.05, 4.69) is 21.3 Å². The van der Waals surface area contributed by atoms with Crippen LogP contribution in [0.5, 0.6) is 5.75 Å². The van der Waals surface area contributed by atoms with Gasteiger partial charge in [-0.3, -0.25) is 14.9 Å². The number of aliphatic hydroxyl groups is 1.